The van der Waals surface area contributed by atoms with Crippen LogP contribution in [-0.2, 0) is 9.59 Å². The first-order valence-corrected chi connectivity index (χ1v) is 8.10. The zero-order valence-electron chi connectivity index (χ0n) is 12.2. The molecule has 0 radical (unpaired) electrons. The third kappa shape index (κ3) is 1.46. The summed E-state index contributed by atoms with van der Waals surface area (Å²) < 4.78 is 0. The fraction of sp³-hybridized carbons (Fsp3) is 0.368. The molecule has 2 aromatic rings. The minimum absolute atomic E-state index is 0.0393. The lowest BCUT2D eigenvalue weighted by Gasteiger charge is -2.19. The highest BCUT2D eigenvalue weighted by Crippen LogP contribution is 2.56. The first kappa shape index (κ1) is 12.4. The summed E-state index contributed by atoms with van der Waals surface area (Å²) in [6.07, 6.45) is 3.32. The van der Waals surface area contributed by atoms with Crippen LogP contribution < -0.4 is 4.90 Å². The summed E-state index contributed by atoms with van der Waals surface area (Å²) >= 11 is 0. The van der Waals surface area contributed by atoms with E-state index in [1.807, 2.05) is 42.5 Å². The monoisotopic (exact) mass is 291 g/mol. The predicted octanol–water partition coefficient (Wildman–Crippen LogP) is 3.38. The van der Waals surface area contributed by atoms with Crippen LogP contribution in [0.4, 0.5) is 5.69 Å². The van der Waals surface area contributed by atoms with E-state index >= 15 is 0 Å². The molecule has 2 saturated carbocycles. The van der Waals surface area contributed by atoms with Crippen LogP contribution in [0.5, 0.6) is 0 Å². The molecule has 3 aliphatic rings. The molecule has 3 fully saturated rings. The number of fused-ring (bicyclic) bond motifs is 6. The molecule has 2 aromatic carbocycles. The van der Waals surface area contributed by atoms with Gasteiger partial charge in [0.25, 0.3) is 0 Å². The average Bonchev–Trinajstić information content (AvgIpc) is 3.21. The van der Waals surface area contributed by atoms with Crippen LogP contribution in [0.1, 0.15) is 19.3 Å². The van der Waals surface area contributed by atoms with E-state index in [1.54, 1.807) is 0 Å². The maximum absolute atomic E-state index is 12.8. The number of anilines is 1. The molecule has 110 valence electrons. The Kier molecular flexibility index (Phi) is 2.36. The van der Waals surface area contributed by atoms with Gasteiger partial charge in [0.15, 0.2) is 0 Å². The van der Waals surface area contributed by atoms with Crippen LogP contribution >= 0.6 is 0 Å². The highest BCUT2D eigenvalue weighted by Gasteiger charge is 2.61. The Labute approximate surface area is 128 Å². The standard InChI is InChI=1S/C19H17NO2/c21-18-16-13-5-6-14(9-13)17(16)19(22)20(18)15-8-7-11-3-1-2-4-12(11)10-15/h1-4,7-8,10,13-14,16-17H,5-6,9H2/t13-,14-,16-,17-/m0/s1. The van der Waals surface area contributed by atoms with Gasteiger partial charge in [-0.3, -0.25) is 14.5 Å². The maximum atomic E-state index is 12.8. The number of carbonyl (C=O) groups is 2. The van der Waals surface area contributed by atoms with Gasteiger partial charge >= 0.3 is 0 Å². The minimum Gasteiger partial charge on any atom is -0.274 e. The molecule has 0 N–H and O–H groups in total. The number of nitrogens with zero attached hydrogens (tertiary/aromatic N) is 1. The van der Waals surface area contributed by atoms with Crippen molar-refractivity contribution >= 4 is 28.3 Å². The third-order valence-electron chi connectivity index (χ3n) is 5.92. The number of amides is 2. The summed E-state index contributed by atoms with van der Waals surface area (Å²) in [5, 5.41) is 2.20. The van der Waals surface area contributed by atoms with Crippen molar-refractivity contribution in [1.29, 1.82) is 0 Å². The van der Waals surface area contributed by atoms with Crippen molar-refractivity contribution in [2.75, 3.05) is 4.90 Å². The van der Waals surface area contributed by atoms with Crippen LogP contribution in [0.25, 0.3) is 10.8 Å². The van der Waals surface area contributed by atoms with Gasteiger partial charge in [0, 0.05) is 0 Å². The molecule has 5 rings (SSSR count). The van der Waals surface area contributed by atoms with Crippen molar-refractivity contribution < 1.29 is 9.59 Å². The molecule has 0 aromatic heterocycles. The third-order valence-corrected chi connectivity index (χ3v) is 5.92. The molecule has 2 amide bonds. The molecule has 22 heavy (non-hydrogen) atoms. The Bertz CT molecular complexity index is 784. The summed E-state index contributed by atoms with van der Waals surface area (Å²) in [5.74, 6) is 0.874. The maximum Gasteiger partial charge on any atom is 0.237 e. The Morgan fingerprint density at radius 2 is 1.45 bits per heavy atom. The van der Waals surface area contributed by atoms with E-state index < -0.39 is 0 Å². The molecule has 0 unspecified atom stereocenters. The highest BCUT2D eigenvalue weighted by atomic mass is 16.2. The van der Waals surface area contributed by atoms with Gasteiger partial charge < -0.3 is 0 Å². The fourth-order valence-corrected chi connectivity index (χ4v) is 4.98. The molecule has 0 spiro atoms. The van der Waals surface area contributed by atoms with E-state index in [4.69, 9.17) is 0 Å². The molecule has 1 heterocycles. The van der Waals surface area contributed by atoms with Crippen molar-refractivity contribution in [2.24, 2.45) is 23.7 Å². The second kappa shape index (κ2) is 4.19. The normalized spacial score (nSPS) is 33.0. The Hall–Kier alpha value is -2.16. The average molecular weight is 291 g/mol. The fourth-order valence-electron chi connectivity index (χ4n) is 4.98. The first-order chi connectivity index (χ1) is 10.7. The van der Waals surface area contributed by atoms with Gasteiger partial charge in [-0.25, -0.2) is 0 Å². The van der Waals surface area contributed by atoms with E-state index in [2.05, 4.69) is 0 Å². The Morgan fingerprint density at radius 3 is 2.14 bits per heavy atom. The van der Waals surface area contributed by atoms with Crippen molar-refractivity contribution in [3.05, 3.63) is 42.5 Å². The summed E-state index contributed by atoms with van der Waals surface area (Å²) in [7, 11) is 0. The van der Waals surface area contributed by atoms with E-state index in [0.717, 1.165) is 35.7 Å². The molecule has 1 aliphatic heterocycles. The smallest absolute Gasteiger partial charge is 0.237 e. The lowest BCUT2D eigenvalue weighted by molar-refractivity contribution is -0.123. The topological polar surface area (TPSA) is 37.4 Å². The van der Waals surface area contributed by atoms with Gasteiger partial charge in [0.2, 0.25) is 11.8 Å². The van der Waals surface area contributed by atoms with Crippen LogP contribution in [0.3, 0.4) is 0 Å². The van der Waals surface area contributed by atoms with Gasteiger partial charge in [-0.05, 0) is 54.0 Å². The number of hydrogen-bond donors (Lipinski definition) is 0. The number of benzene rings is 2. The Morgan fingerprint density at radius 1 is 0.818 bits per heavy atom. The van der Waals surface area contributed by atoms with E-state index in [-0.39, 0.29) is 23.7 Å². The molecule has 3 heteroatoms. The van der Waals surface area contributed by atoms with Crippen molar-refractivity contribution in [2.45, 2.75) is 19.3 Å². The highest BCUT2D eigenvalue weighted by molar-refractivity contribution is 6.23. The number of hydrogen-bond acceptors (Lipinski definition) is 2. The lowest BCUT2D eigenvalue weighted by Crippen LogP contribution is -2.32. The number of imide groups is 1. The Balaban J connectivity index is 1.59. The zero-order valence-corrected chi connectivity index (χ0v) is 12.2. The summed E-state index contributed by atoms with van der Waals surface area (Å²) in [6.45, 7) is 0. The predicted molar refractivity (Wildman–Crippen MR) is 84.3 cm³/mol. The second-order valence-corrected chi connectivity index (χ2v) is 6.93. The van der Waals surface area contributed by atoms with E-state index in [9.17, 15) is 9.59 Å². The van der Waals surface area contributed by atoms with Crippen LogP contribution in [-0.4, -0.2) is 11.8 Å². The van der Waals surface area contributed by atoms with Crippen LogP contribution in [0.15, 0.2) is 42.5 Å². The van der Waals surface area contributed by atoms with Gasteiger partial charge in [0.1, 0.15) is 0 Å². The quantitative estimate of drug-likeness (QED) is 0.755. The van der Waals surface area contributed by atoms with E-state index in [1.165, 1.54) is 4.90 Å². The second-order valence-electron chi connectivity index (χ2n) is 6.93. The van der Waals surface area contributed by atoms with Gasteiger partial charge in [0.05, 0.1) is 17.5 Å². The van der Waals surface area contributed by atoms with Crippen LogP contribution in [0.2, 0.25) is 0 Å². The lowest BCUT2D eigenvalue weighted by atomic mass is 9.81. The summed E-state index contributed by atoms with van der Waals surface area (Å²) in [6, 6.07) is 13.9. The number of rotatable bonds is 1. The SMILES string of the molecule is O=C1[C@H]2[C@H]3CC[C@@H](C3)[C@@H]2C(=O)N1c1ccc2ccccc2c1. The van der Waals surface area contributed by atoms with E-state index in [0.29, 0.717) is 11.8 Å². The van der Waals surface area contributed by atoms with Crippen molar-refractivity contribution in [3.8, 4) is 0 Å². The van der Waals surface area contributed by atoms with Crippen molar-refractivity contribution in [1.82, 2.24) is 0 Å². The van der Waals surface area contributed by atoms with Crippen molar-refractivity contribution in [3.63, 3.8) is 0 Å². The van der Waals surface area contributed by atoms with Crippen LogP contribution in [0, 0.1) is 23.7 Å². The number of carbonyl (C=O) groups excluding carboxylic acids is 2. The molecular weight excluding hydrogens is 274 g/mol. The molecular formula is C19H17NO2. The summed E-state index contributed by atoms with van der Waals surface area (Å²) in [4.78, 5) is 27.1. The molecule has 2 aliphatic carbocycles. The molecule has 1 saturated heterocycles. The van der Waals surface area contributed by atoms with Gasteiger partial charge in [-0.1, -0.05) is 30.3 Å². The first-order valence-electron chi connectivity index (χ1n) is 8.10. The minimum atomic E-state index is -0.0438. The molecule has 4 atom stereocenters. The molecule has 2 bridgehead atoms. The largest absolute Gasteiger partial charge is 0.274 e. The molecule has 3 nitrogen and oxygen atoms in total. The van der Waals surface area contributed by atoms with Gasteiger partial charge in [-0.15, -0.1) is 0 Å². The zero-order chi connectivity index (χ0) is 14.8. The summed E-state index contributed by atoms with van der Waals surface area (Å²) in [5.41, 5.74) is 0.738. The van der Waals surface area contributed by atoms with Gasteiger partial charge in [-0.2, -0.15) is 0 Å².